The molecule has 0 saturated carbocycles. The molecular formula is C21H15ClN4O3. The van der Waals surface area contributed by atoms with Crippen molar-refractivity contribution in [2.75, 3.05) is 0 Å². The van der Waals surface area contributed by atoms with E-state index in [9.17, 15) is 14.4 Å². The van der Waals surface area contributed by atoms with Gasteiger partial charge in [-0.2, -0.15) is 0 Å². The number of carbonyl (C=O) groups is 2. The number of pyridine rings is 2. The lowest BCUT2D eigenvalue weighted by Gasteiger charge is -2.10. The standard InChI is InChI=1S/C21H15ClN4O3/c1-11-8-14(13-4-2-3-5-18(13)24-11)20(28)25-26-21(29)16-10-23-17-7-6-12(22)9-15(17)19(16)27/h2-10H,1H3,(H,23,27)(H,25,28)(H,26,29). The zero-order valence-corrected chi connectivity index (χ0v) is 16.0. The van der Waals surface area contributed by atoms with Gasteiger partial charge in [0.1, 0.15) is 5.56 Å². The third-order valence-electron chi connectivity index (χ3n) is 4.47. The van der Waals surface area contributed by atoms with Gasteiger partial charge < -0.3 is 4.98 Å². The molecule has 3 N–H and O–H groups in total. The summed E-state index contributed by atoms with van der Waals surface area (Å²) in [6, 6.07) is 13.6. The maximum atomic E-state index is 12.6. The molecule has 4 aromatic rings. The van der Waals surface area contributed by atoms with Crippen LogP contribution in [0.5, 0.6) is 0 Å². The molecule has 2 heterocycles. The molecule has 0 aliphatic rings. The van der Waals surface area contributed by atoms with Crippen LogP contribution in [0.1, 0.15) is 26.4 Å². The Morgan fingerprint density at radius 3 is 2.48 bits per heavy atom. The second-order valence-corrected chi connectivity index (χ2v) is 6.89. The predicted octanol–water partition coefficient (Wildman–Crippen LogP) is 3.11. The predicted molar refractivity (Wildman–Crippen MR) is 111 cm³/mol. The van der Waals surface area contributed by atoms with E-state index in [0.29, 0.717) is 32.7 Å². The first-order valence-electron chi connectivity index (χ1n) is 8.72. The molecule has 0 atom stereocenters. The Morgan fingerprint density at radius 1 is 0.966 bits per heavy atom. The van der Waals surface area contributed by atoms with Crippen LogP contribution in [0, 0.1) is 6.92 Å². The highest BCUT2D eigenvalue weighted by Gasteiger charge is 2.16. The van der Waals surface area contributed by atoms with Crippen LogP contribution in [0.2, 0.25) is 5.02 Å². The van der Waals surface area contributed by atoms with Crippen LogP contribution in [-0.2, 0) is 0 Å². The number of hydrogen-bond acceptors (Lipinski definition) is 4. The van der Waals surface area contributed by atoms with E-state index in [4.69, 9.17) is 11.6 Å². The monoisotopic (exact) mass is 406 g/mol. The second kappa shape index (κ2) is 7.37. The number of nitrogens with one attached hydrogen (secondary N) is 3. The van der Waals surface area contributed by atoms with Gasteiger partial charge in [0.05, 0.1) is 11.1 Å². The highest BCUT2D eigenvalue weighted by atomic mass is 35.5. The summed E-state index contributed by atoms with van der Waals surface area (Å²) in [6.07, 6.45) is 1.30. The lowest BCUT2D eigenvalue weighted by atomic mass is 10.1. The molecule has 0 saturated heterocycles. The van der Waals surface area contributed by atoms with E-state index in [1.165, 1.54) is 12.3 Å². The second-order valence-electron chi connectivity index (χ2n) is 6.46. The molecule has 0 spiro atoms. The molecule has 0 bridgehead atoms. The fraction of sp³-hybridized carbons (Fsp3) is 0.0476. The van der Waals surface area contributed by atoms with Crippen molar-refractivity contribution in [3.05, 3.63) is 86.8 Å². The first-order valence-corrected chi connectivity index (χ1v) is 9.10. The molecule has 4 rings (SSSR count). The number of hydrogen-bond donors (Lipinski definition) is 3. The van der Waals surface area contributed by atoms with Gasteiger partial charge in [-0.3, -0.25) is 30.2 Å². The Bertz CT molecular complexity index is 1350. The van der Waals surface area contributed by atoms with Gasteiger partial charge in [-0.1, -0.05) is 29.8 Å². The molecule has 29 heavy (non-hydrogen) atoms. The number of halogens is 1. The van der Waals surface area contributed by atoms with Crippen molar-refractivity contribution in [2.24, 2.45) is 0 Å². The normalized spacial score (nSPS) is 10.8. The summed E-state index contributed by atoms with van der Waals surface area (Å²) in [5, 5.41) is 1.32. The number of aromatic nitrogens is 2. The minimum Gasteiger partial charge on any atom is -0.360 e. The zero-order valence-electron chi connectivity index (χ0n) is 15.2. The lowest BCUT2D eigenvalue weighted by Crippen LogP contribution is -2.43. The number of amides is 2. The van der Waals surface area contributed by atoms with Gasteiger partial charge in [0.15, 0.2) is 0 Å². The summed E-state index contributed by atoms with van der Waals surface area (Å²) < 4.78 is 0. The van der Waals surface area contributed by atoms with Gasteiger partial charge >= 0.3 is 0 Å². The van der Waals surface area contributed by atoms with Crippen molar-refractivity contribution < 1.29 is 9.59 Å². The third kappa shape index (κ3) is 3.55. The number of aryl methyl sites for hydroxylation is 1. The summed E-state index contributed by atoms with van der Waals surface area (Å²) in [5.41, 5.74) is 6.28. The third-order valence-corrected chi connectivity index (χ3v) is 4.70. The largest absolute Gasteiger partial charge is 0.360 e. The maximum Gasteiger partial charge on any atom is 0.275 e. The Hall–Kier alpha value is -3.71. The number of hydrazine groups is 1. The first-order chi connectivity index (χ1) is 13.9. The summed E-state index contributed by atoms with van der Waals surface area (Å²) in [5.74, 6) is -1.25. The van der Waals surface area contributed by atoms with Gasteiger partial charge in [0.2, 0.25) is 5.43 Å². The van der Waals surface area contributed by atoms with Crippen LogP contribution < -0.4 is 16.3 Å². The van der Waals surface area contributed by atoms with Crippen LogP contribution in [0.3, 0.4) is 0 Å². The molecule has 0 aliphatic carbocycles. The quantitative estimate of drug-likeness (QED) is 0.445. The molecule has 0 aliphatic heterocycles. The van der Waals surface area contributed by atoms with E-state index in [1.807, 2.05) is 6.07 Å². The molecule has 2 aromatic heterocycles. The summed E-state index contributed by atoms with van der Waals surface area (Å²) in [7, 11) is 0. The molecular weight excluding hydrogens is 392 g/mol. The van der Waals surface area contributed by atoms with Crippen molar-refractivity contribution in [3.8, 4) is 0 Å². The molecule has 2 aromatic carbocycles. The minimum atomic E-state index is -0.739. The average molecular weight is 407 g/mol. The van der Waals surface area contributed by atoms with Crippen molar-refractivity contribution in [1.82, 2.24) is 20.8 Å². The van der Waals surface area contributed by atoms with Crippen molar-refractivity contribution in [2.45, 2.75) is 6.92 Å². The lowest BCUT2D eigenvalue weighted by molar-refractivity contribution is 0.0847. The average Bonchev–Trinajstić information content (AvgIpc) is 2.71. The van der Waals surface area contributed by atoms with Crippen LogP contribution in [-0.4, -0.2) is 21.8 Å². The van der Waals surface area contributed by atoms with Gasteiger partial charge in [0.25, 0.3) is 11.8 Å². The molecule has 7 nitrogen and oxygen atoms in total. The number of nitrogens with zero attached hydrogens (tertiary/aromatic N) is 1. The van der Waals surface area contributed by atoms with Crippen LogP contribution in [0.15, 0.2) is 59.5 Å². The van der Waals surface area contributed by atoms with Gasteiger partial charge in [-0.15, -0.1) is 0 Å². The Morgan fingerprint density at radius 2 is 1.69 bits per heavy atom. The Labute approximate surface area is 169 Å². The molecule has 144 valence electrons. The van der Waals surface area contributed by atoms with E-state index >= 15 is 0 Å². The fourth-order valence-electron chi connectivity index (χ4n) is 3.10. The van der Waals surface area contributed by atoms with Gasteiger partial charge in [-0.25, -0.2) is 0 Å². The van der Waals surface area contributed by atoms with Gasteiger partial charge in [-0.05, 0) is 37.3 Å². The number of aromatic amines is 1. The first kappa shape index (κ1) is 18.6. The Kier molecular flexibility index (Phi) is 4.74. The van der Waals surface area contributed by atoms with Crippen LogP contribution >= 0.6 is 11.6 Å². The smallest absolute Gasteiger partial charge is 0.275 e. The Balaban J connectivity index is 1.59. The maximum absolute atomic E-state index is 12.6. The molecule has 0 unspecified atom stereocenters. The molecule has 2 amide bonds. The number of rotatable bonds is 2. The minimum absolute atomic E-state index is 0.143. The van der Waals surface area contributed by atoms with Gasteiger partial charge in [0, 0.05) is 33.2 Å². The fourth-order valence-corrected chi connectivity index (χ4v) is 3.28. The topological polar surface area (TPSA) is 104 Å². The number of fused-ring (bicyclic) bond motifs is 2. The van der Waals surface area contributed by atoms with Crippen molar-refractivity contribution in [1.29, 1.82) is 0 Å². The summed E-state index contributed by atoms with van der Waals surface area (Å²) >= 11 is 5.94. The van der Waals surface area contributed by atoms with Crippen molar-refractivity contribution in [3.63, 3.8) is 0 Å². The van der Waals surface area contributed by atoms with Crippen molar-refractivity contribution >= 4 is 45.2 Å². The number of para-hydroxylation sites is 1. The van der Waals surface area contributed by atoms with Crippen LogP contribution in [0.25, 0.3) is 21.8 Å². The highest BCUT2D eigenvalue weighted by Crippen LogP contribution is 2.18. The SMILES string of the molecule is Cc1cc(C(=O)NNC(=O)c2c[nH]c3ccc(Cl)cc3c2=O)c2ccccc2n1. The highest BCUT2D eigenvalue weighted by molar-refractivity contribution is 6.31. The molecule has 8 heteroatoms. The number of benzene rings is 2. The van der Waals surface area contributed by atoms with Crippen LogP contribution in [0.4, 0.5) is 0 Å². The van der Waals surface area contributed by atoms with E-state index in [-0.39, 0.29) is 10.9 Å². The van der Waals surface area contributed by atoms with E-state index in [1.54, 1.807) is 43.3 Å². The van der Waals surface area contributed by atoms with E-state index in [0.717, 1.165) is 0 Å². The zero-order chi connectivity index (χ0) is 20.5. The molecule has 0 radical (unpaired) electrons. The molecule has 0 fully saturated rings. The van der Waals surface area contributed by atoms with E-state index < -0.39 is 17.2 Å². The number of H-pyrrole nitrogens is 1. The van der Waals surface area contributed by atoms with E-state index in [2.05, 4.69) is 20.8 Å². The summed E-state index contributed by atoms with van der Waals surface area (Å²) in [6.45, 7) is 1.78. The number of carbonyl (C=O) groups excluding carboxylic acids is 2. The summed E-state index contributed by atoms with van der Waals surface area (Å²) in [4.78, 5) is 45.0.